The van der Waals surface area contributed by atoms with Gasteiger partial charge in [-0.3, -0.25) is 9.98 Å². The third kappa shape index (κ3) is 8.43. The van der Waals surface area contributed by atoms with Gasteiger partial charge in [0.15, 0.2) is 0 Å². The van der Waals surface area contributed by atoms with E-state index >= 15 is 0 Å². The minimum absolute atomic E-state index is 0.0575. The number of benzene rings is 2. The van der Waals surface area contributed by atoms with Crippen molar-refractivity contribution in [3.05, 3.63) is 83.2 Å². The molecule has 0 fully saturated rings. The molecule has 3 aromatic rings. The summed E-state index contributed by atoms with van der Waals surface area (Å²) in [5.41, 5.74) is 6.52. The Hall–Kier alpha value is -0.961. The Morgan fingerprint density at radius 2 is 1.00 bits per heavy atom. The molecule has 0 saturated carbocycles. The number of para-hydroxylation sites is 2. The Labute approximate surface area is 221 Å². The van der Waals surface area contributed by atoms with Crippen LogP contribution in [0.15, 0.2) is 70.6 Å². The molecule has 0 unspecified atom stereocenters. The fraction of sp³-hybridized carbons (Fsp3) is 0.308. The van der Waals surface area contributed by atoms with E-state index in [9.17, 15) is 0 Å². The molecule has 0 aliphatic heterocycles. The Kier molecular flexibility index (Phi) is 10.6. The fourth-order valence-electron chi connectivity index (χ4n) is 3.30. The van der Waals surface area contributed by atoms with E-state index < -0.39 is 0 Å². The summed E-state index contributed by atoms with van der Waals surface area (Å²) in [6.45, 7) is 13.2. The molecule has 0 atom stereocenters. The van der Waals surface area contributed by atoms with Crippen LogP contribution in [0.25, 0.3) is 0 Å². The third-order valence-corrected chi connectivity index (χ3v) is 4.84. The number of aromatic nitrogens is 1. The normalized spacial score (nSPS) is 12.4. The number of H-pyrrole nitrogens is 1. The molecular formula is C26H31FeI2N3. The molecule has 1 aromatic heterocycles. The molecule has 1 heterocycles. The number of hydrogen-bond donors (Lipinski definition) is 1. The zero-order valence-electron chi connectivity index (χ0n) is 19.4. The number of aliphatic imine (C=N–C) groups is 2. The van der Waals surface area contributed by atoms with Crippen LogP contribution in [-0.4, -0.2) is 17.4 Å². The molecule has 1 N–H and O–H groups in total. The second-order valence-electron chi connectivity index (χ2n) is 9.47. The minimum atomic E-state index is 0.0575. The summed E-state index contributed by atoms with van der Waals surface area (Å²) in [5.74, 6) is 0. The second-order valence-corrected chi connectivity index (χ2v) is 18.8. The molecule has 2 aromatic carbocycles. The van der Waals surface area contributed by atoms with Crippen molar-refractivity contribution in [2.45, 2.75) is 52.4 Å². The van der Waals surface area contributed by atoms with E-state index in [0.29, 0.717) is 0 Å². The number of halogens is 2. The quantitative estimate of drug-likeness (QED) is 0.161. The summed E-state index contributed by atoms with van der Waals surface area (Å²) < 4.78 is 0. The molecule has 32 heavy (non-hydrogen) atoms. The van der Waals surface area contributed by atoms with E-state index in [2.05, 4.69) is 124 Å². The molecule has 6 heteroatoms. The summed E-state index contributed by atoms with van der Waals surface area (Å²) in [5, 5.41) is 0. The van der Waals surface area contributed by atoms with Crippen LogP contribution < -0.4 is 0 Å². The predicted molar refractivity (Wildman–Crippen MR) is 154 cm³/mol. The van der Waals surface area contributed by atoms with Crippen molar-refractivity contribution in [1.82, 2.24) is 4.98 Å². The van der Waals surface area contributed by atoms with Crippen LogP contribution in [0.4, 0.5) is 11.4 Å². The van der Waals surface area contributed by atoms with Crippen molar-refractivity contribution < 1.29 is 8.46 Å². The zero-order chi connectivity index (χ0) is 23.8. The molecule has 3 rings (SSSR count). The average Bonchev–Trinajstić information content (AvgIpc) is 3.18. The second kappa shape index (κ2) is 12.5. The van der Waals surface area contributed by atoms with Gasteiger partial charge in [-0.25, -0.2) is 0 Å². The Morgan fingerprint density at radius 1 is 0.656 bits per heavy atom. The third-order valence-electron chi connectivity index (χ3n) is 4.84. The van der Waals surface area contributed by atoms with Gasteiger partial charge in [-0.1, -0.05) is 77.9 Å². The fourth-order valence-corrected chi connectivity index (χ4v) is 3.30. The van der Waals surface area contributed by atoms with E-state index in [0.717, 1.165) is 22.8 Å². The Balaban J connectivity index is 0.00000114. The SMILES string of the molecule is CC(C)(C)c1ccccc1N=Cc1ccc(C=Nc2ccccc2C(C)(C)C)[nH]1.[I][Fe][I]. The van der Waals surface area contributed by atoms with Gasteiger partial charge in [0.05, 0.1) is 35.2 Å². The van der Waals surface area contributed by atoms with Crippen molar-refractivity contribution >= 4 is 64.5 Å². The molecule has 3 nitrogen and oxygen atoms in total. The molecule has 0 spiro atoms. The van der Waals surface area contributed by atoms with Crippen molar-refractivity contribution in [3.8, 4) is 0 Å². The van der Waals surface area contributed by atoms with Crippen molar-refractivity contribution in [3.63, 3.8) is 0 Å². The summed E-state index contributed by atoms with van der Waals surface area (Å²) >= 11 is 4.55. The number of aromatic amines is 1. The molecule has 0 saturated heterocycles. The van der Waals surface area contributed by atoms with E-state index in [1.807, 2.05) is 36.7 Å². The first-order valence-electron chi connectivity index (χ1n) is 10.4. The van der Waals surface area contributed by atoms with Crippen LogP contribution in [0.3, 0.4) is 0 Å². The monoisotopic (exact) mass is 695 g/mol. The number of hydrogen-bond acceptors (Lipinski definition) is 2. The summed E-state index contributed by atoms with van der Waals surface area (Å²) in [4.78, 5) is 12.8. The number of nitrogens with one attached hydrogen (secondary N) is 1. The van der Waals surface area contributed by atoms with Crippen molar-refractivity contribution in [2.75, 3.05) is 0 Å². The van der Waals surface area contributed by atoms with Crippen LogP contribution in [0.1, 0.15) is 64.1 Å². The molecule has 0 aliphatic carbocycles. The van der Waals surface area contributed by atoms with Gasteiger partial charge < -0.3 is 4.98 Å². The van der Waals surface area contributed by atoms with Crippen LogP contribution in [0, 0.1) is 0 Å². The van der Waals surface area contributed by atoms with Crippen LogP contribution in [0.2, 0.25) is 0 Å². The van der Waals surface area contributed by atoms with Gasteiger partial charge in [-0.15, -0.1) is 0 Å². The summed E-state index contributed by atoms with van der Waals surface area (Å²) in [6.07, 6.45) is 3.76. The van der Waals surface area contributed by atoms with Gasteiger partial charge in [0, 0.05) is 0 Å². The standard InChI is InChI=1S/C26H31N3.Fe.2HI/c1-25(2,3)21-11-7-9-13-23(21)27-17-19-15-16-20(29-19)18-28-24-14-10-8-12-22(24)26(4,5)6;;;/h7-18,29H,1-6H3;;2*1H/q;+2;;/p-2. The summed E-state index contributed by atoms with van der Waals surface area (Å²) in [6, 6.07) is 20.7. The van der Waals surface area contributed by atoms with E-state index in [1.54, 1.807) is 0 Å². The van der Waals surface area contributed by atoms with Gasteiger partial charge in [-0.05, 0) is 46.2 Å². The van der Waals surface area contributed by atoms with Crippen molar-refractivity contribution in [1.29, 1.82) is 0 Å². The van der Waals surface area contributed by atoms with Crippen LogP contribution in [0.5, 0.6) is 0 Å². The Morgan fingerprint density at radius 3 is 1.34 bits per heavy atom. The van der Waals surface area contributed by atoms with Crippen LogP contribution in [-0.2, 0) is 19.3 Å². The van der Waals surface area contributed by atoms with Crippen molar-refractivity contribution in [2.24, 2.45) is 9.98 Å². The maximum absolute atomic E-state index is 4.72. The molecular weight excluding hydrogens is 664 g/mol. The van der Waals surface area contributed by atoms with E-state index in [4.69, 9.17) is 9.98 Å². The average molecular weight is 695 g/mol. The first-order valence-corrected chi connectivity index (χ1v) is 17.5. The number of rotatable bonds is 4. The van der Waals surface area contributed by atoms with E-state index in [-0.39, 0.29) is 10.8 Å². The predicted octanol–water partition coefficient (Wildman–Crippen LogP) is 8.88. The van der Waals surface area contributed by atoms with Gasteiger partial charge in [0.1, 0.15) is 0 Å². The molecule has 0 radical (unpaired) electrons. The molecule has 172 valence electrons. The molecule has 0 aliphatic rings. The van der Waals surface area contributed by atoms with Gasteiger partial charge in [0.2, 0.25) is 0 Å². The first kappa shape index (κ1) is 27.3. The molecule has 0 amide bonds. The molecule has 0 bridgehead atoms. The van der Waals surface area contributed by atoms with Gasteiger partial charge in [0.25, 0.3) is 0 Å². The first-order chi connectivity index (χ1) is 15.1. The Bertz CT molecular complexity index is 975. The number of nitrogens with zero attached hydrogens (tertiary/aromatic N) is 2. The van der Waals surface area contributed by atoms with E-state index in [1.165, 1.54) is 19.6 Å². The van der Waals surface area contributed by atoms with Gasteiger partial charge in [-0.2, -0.15) is 0 Å². The van der Waals surface area contributed by atoms with Crippen LogP contribution >= 0.6 is 40.7 Å². The topological polar surface area (TPSA) is 40.5 Å². The zero-order valence-corrected chi connectivity index (χ0v) is 24.9. The maximum atomic E-state index is 4.72. The summed E-state index contributed by atoms with van der Waals surface area (Å²) in [7, 11) is 1.19. The van der Waals surface area contributed by atoms with Gasteiger partial charge >= 0.3 is 49.1 Å².